The number of nitrogens with one attached hydrogen (secondary N) is 1. The van der Waals surface area contributed by atoms with E-state index in [1.807, 2.05) is 0 Å². The fourth-order valence-corrected chi connectivity index (χ4v) is 1.79. The molecule has 0 spiro atoms. The molecule has 0 radical (unpaired) electrons. The molecule has 0 aliphatic heterocycles. The van der Waals surface area contributed by atoms with Gasteiger partial charge in [-0.05, 0) is 52.5 Å². The molecule has 1 unspecified atom stereocenters. The van der Waals surface area contributed by atoms with E-state index >= 15 is 0 Å². The maximum Gasteiger partial charge on any atom is 0.165 e. The van der Waals surface area contributed by atoms with Gasteiger partial charge in [-0.25, -0.2) is 4.39 Å². The Hall–Kier alpha value is -1.17. The summed E-state index contributed by atoms with van der Waals surface area (Å²) in [5.74, 6) is -0.232. The highest BCUT2D eigenvalue weighted by molar-refractivity contribution is 5.23. The summed E-state index contributed by atoms with van der Waals surface area (Å²) in [7, 11) is 2.10. The Kier molecular flexibility index (Phi) is 8.27. The molecular formula is C16H27FN2O2. The lowest BCUT2D eigenvalue weighted by Gasteiger charge is -2.21. The zero-order chi connectivity index (χ0) is 15.7. The van der Waals surface area contributed by atoms with E-state index < -0.39 is 11.9 Å². The highest BCUT2D eigenvalue weighted by Gasteiger charge is 2.07. The molecule has 1 aromatic rings. The third-order valence-corrected chi connectivity index (χ3v) is 3.39. The van der Waals surface area contributed by atoms with Crippen LogP contribution in [0.4, 0.5) is 4.39 Å². The van der Waals surface area contributed by atoms with Crippen molar-refractivity contribution in [1.82, 2.24) is 10.2 Å². The number of rotatable bonds is 10. The van der Waals surface area contributed by atoms with Gasteiger partial charge >= 0.3 is 0 Å². The summed E-state index contributed by atoms with van der Waals surface area (Å²) < 4.78 is 18.6. The Morgan fingerprint density at radius 3 is 2.71 bits per heavy atom. The molecule has 21 heavy (non-hydrogen) atoms. The Bertz CT molecular complexity index is 402. The van der Waals surface area contributed by atoms with Gasteiger partial charge in [0.05, 0.1) is 0 Å². The number of benzene rings is 1. The molecule has 4 nitrogen and oxygen atoms in total. The molecule has 0 aliphatic rings. The second kappa shape index (κ2) is 9.71. The van der Waals surface area contributed by atoms with Crippen molar-refractivity contribution in [2.24, 2.45) is 0 Å². The lowest BCUT2D eigenvalue weighted by molar-refractivity contribution is 0.104. The Balaban J connectivity index is 2.09. The van der Waals surface area contributed by atoms with E-state index in [1.165, 1.54) is 6.07 Å². The molecule has 1 aromatic carbocycles. The van der Waals surface area contributed by atoms with Crippen LogP contribution in [0.3, 0.4) is 0 Å². The predicted octanol–water partition coefficient (Wildman–Crippen LogP) is 1.89. The summed E-state index contributed by atoms with van der Waals surface area (Å²) in [5.41, 5.74) is 0. The molecule has 1 rings (SSSR count). The van der Waals surface area contributed by atoms with Gasteiger partial charge in [-0.2, -0.15) is 0 Å². The maximum atomic E-state index is 13.3. The van der Waals surface area contributed by atoms with E-state index in [4.69, 9.17) is 4.74 Å². The van der Waals surface area contributed by atoms with Crippen LogP contribution in [-0.2, 0) is 0 Å². The zero-order valence-electron chi connectivity index (χ0n) is 13.2. The molecule has 120 valence electrons. The van der Waals surface area contributed by atoms with E-state index in [1.54, 1.807) is 18.2 Å². The Morgan fingerprint density at radius 1 is 1.33 bits per heavy atom. The van der Waals surface area contributed by atoms with Crippen molar-refractivity contribution in [1.29, 1.82) is 0 Å². The van der Waals surface area contributed by atoms with Crippen LogP contribution >= 0.6 is 0 Å². The number of para-hydroxylation sites is 1. The van der Waals surface area contributed by atoms with Crippen molar-refractivity contribution < 1.29 is 14.2 Å². The van der Waals surface area contributed by atoms with Crippen LogP contribution in [-0.4, -0.2) is 55.4 Å². The molecule has 2 N–H and O–H groups in total. The van der Waals surface area contributed by atoms with Gasteiger partial charge in [0.25, 0.3) is 0 Å². The first kappa shape index (κ1) is 17.9. The van der Waals surface area contributed by atoms with Gasteiger partial charge in [0.2, 0.25) is 0 Å². The van der Waals surface area contributed by atoms with E-state index in [0.717, 1.165) is 19.5 Å². The minimum atomic E-state index is -0.646. The third kappa shape index (κ3) is 7.41. The standard InChI is InChI=1S/C16H27FN2O2/c1-13(2)19(3)10-6-9-18-11-14(20)12-21-16-8-5-4-7-15(16)17/h4-5,7-8,13-14,18,20H,6,9-12H2,1-3H3. The fraction of sp³-hybridized carbons (Fsp3) is 0.625. The van der Waals surface area contributed by atoms with Gasteiger partial charge in [-0.1, -0.05) is 12.1 Å². The largest absolute Gasteiger partial charge is 0.488 e. The normalized spacial score (nSPS) is 12.9. The van der Waals surface area contributed by atoms with Crippen LogP contribution < -0.4 is 10.1 Å². The van der Waals surface area contributed by atoms with Gasteiger partial charge in [-0.15, -0.1) is 0 Å². The Labute approximate surface area is 126 Å². The molecule has 0 aliphatic carbocycles. The topological polar surface area (TPSA) is 44.7 Å². The van der Waals surface area contributed by atoms with Gasteiger partial charge in [0.15, 0.2) is 11.6 Å². The van der Waals surface area contributed by atoms with E-state index in [9.17, 15) is 9.50 Å². The molecule has 0 amide bonds. The van der Waals surface area contributed by atoms with Crippen molar-refractivity contribution in [2.75, 3.05) is 33.3 Å². The van der Waals surface area contributed by atoms with Crippen molar-refractivity contribution in [2.45, 2.75) is 32.4 Å². The summed E-state index contributed by atoms with van der Waals surface area (Å²) in [4.78, 5) is 2.28. The quantitative estimate of drug-likeness (QED) is 0.648. The number of hydrogen-bond donors (Lipinski definition) is 2. The maximum absolute atomic E-state index is 13.3. The molecule has 0 fully saturated rings. The molecule has 0 saturated carbocycles. The number of aliphatic hydroxyl groups excluding tert-OH is 1. The SMILES string of the molecule is CC(C)N(C)CCCNCC(O)COc1ccccc1F. The first-order chi connectivity index (χ1) is 10.0. The molecule has 0 aromatic heterocycles. The molecule has 1 atom stereocenters. The summed E-state index contributed by atoms with van der Waals surface area (Å²) in [5, 5.41) is 13.0. The molecule has 0 heterocycles. The minimum Gasteiger partial charge on any atom is -0.488 e. The van der Waals surface area contributed by atoms with E-state index in [-0.39, 0.29) is 12.4 Å². The molecule has 0 saturated heterocycles. The first-order valence-corrected chi connectivity index (χ1v) is 7.47. The van der Waals surface area contributed by atoms with Crippen molar-refractivity contribution >= 4 is 0 Å². The zero-order valence-corrected chi connectivity index (χ0v) is 13.2. The van der Waals surface area contributed by atoms with Gasteiger partial charge in [-0.3, -0.25) is 0 Å². The number of halogens is 1. The van der Waals surface area contributed by atoms with Crippen LogP contribution in [0.25, 0.3) is 0 Å². The van der Waals surface area contributed by atoms with Crippen LogP contribution in [0, 0.1) is 5.82 Å². The fourth-order valence-electron chi connectivity index (χ4n) is 1.79. The minimum absolute atomic E-state index is 0.0832. The Morgan fingerprint density at radius 2 is 2.05 bits per heavy atom. The first-order valence-electron chi connectivity index (χ1n) is 7.47. The van der Waals surface area contributed by atoms with Gasteiger partial charge in [0.1, 0.15) is 12.7 Å². The predicted molar refractivity (Wildman–Crippen MR) is 83.2 cm³/mol. The number of nitrogens with zero attached hydrogens (tertiary/aromatic N) is 1. The van der Waals surface area contributed by atoms with Crippen LogP contribution in [0.15, 0.2) is 24.3 Å². The number of ether oxygens (including phenoxy) is 1. The van der Waals surface area contributed by atoms with Crippen molar-refractivity contribution in [3.05, 3.63) is 30.1 Å². The summed E-state index contributed by atoms with van der Waals surface area (Å²) in [6.45, 7) is 6.72. The smallest absolute Gasteiger partial charge is 0.165 e. The highest BCUT2D eigenvalue weighted by atomic mass is 19.1. The van der Waals surface area contributed by atoms with Crippen LogP contribution in [0.5, 0.6) is 5.75 Å². The molecular weight excluding hydrogens is 271 g/mol. The van der Waals surface area contributed by atoms with Gasteiger partial charge in [0, 0.05) is 12.6 Å². The second-order valence-corrected chi connectivity index (χ2v) is 5.53. The lowest BCUT2D eigenvalue weighted by atomic mass is 10.3. The van der Waals surface area contributed by atoms with E-state index in [0.29, 0.717) is 12.6 Å². The average Bonchev–Trinajstić information content (AvgIpc) is 2.45. The van der Waals surface area contributed by atoms with Crippen LogP contribution in [0.1, 0.15) is 20.3 Å². The molecule has 5 heteroatoms. The summed E-state index contributed by atoms with van der Waals surface area (Å²) in [6.07, 6.45) is 0.377. The lowest BCUT2D eigenvalue weighted by Crippen LogP contribution is -2.34. The van der Waals surface area contributed by atoms with E-state index in [2.05, 4.69) is 31.1 Å². The third-order valence-electron chi connectivity index (χ3n) is 3.39. The summed E-state index contributed by atoms with van der Waals surface area (Å²) in [6, 6.07) is 6.75. The second-order valence-electron chi connectivity index (χ2n) is 5.53. The van der Waals surface area contributed by atoms with Crippen molar-refractivity contribution in [3.63, 3.8) is 0 Å². The average molecular weight is 298 g/mol. The highest BCUT2D eigenvalue weighted by Crippen LogP contribution is 2.15. The summed E-state index contributed by atoms with van der Waals surface area (Å²) >= 11 is 0. The monoisotopic (exact) mass is 298 g/mol. The van der Waals surface area contributed by atoms with Crippen molar-refractivity contribution in [3.8, 4) is 5.75 Å². The molecule has 0 bridgehead atoms. The number of hydrogen-bond acceptors (Lipinski definition) is 4. The van der Waals surface area contributed by atoms with Gasteiger partial charge < -0.3 is 20.1 Å². The number of aliphatic hydroxyl groups is 1. The van der Waals surface area contributed by atoms with Crippen LogP contribution in [0.2, 0.25) is 0 Å².